The van der Waals surface area contributed by atoms with Gasteiger partial charge in [-0.2, -0.15) is 0 Å². The first-order chi connectivity index (χ1) is 11.8. The van der Waals surface area contributed by atoms with Crippen LogP contribution in [0.15, 0.2) is 53.1 Å². The molecule has 4 rings (SSSR count). The average molecular weight is 355 g/mol. The van der Waals surface area contributed by atoms with E-state index in [4.69, 9.17) is 0 Å². The number of nitrogens with zero attached hydrogens (tertiary/aromatic N) is 3. The van der Waals surface area contributed by atoms with E-state index < -0.39 is 0 Å². The van der Waals surface area contributed by atoms with Crippen LogP contribution in [0.5, 0.6) is 0 Å². The zero-order valence-corrected chi connectivity index (χ0v) is 14.7. The molecule has 0 bridgehead atoms. The largest absolute Gasteiger partial charge is 0.341 e. The van der Waals surface area contributed by atoms with Gasteiger partial charge in [0.1, 0.15) is 16.6 Å². The summed E-state index contributed by atoms with van der Waals surface area (Å²) in [6.07, 6.45) is 3.78. The van der Waals surface area contributed by atoms with Crippen molar-refractivity contribution in [2.24, 2.45) is 0 Å². The summed E-state index contributed by atoms with van der Waals surface area (Å²) in [5.41, 5.74) is 1.97. The fourth-order valence-electron chi connectivity index (χ4n) is 2.95. The van der Waals surface area contributed by atoms with Gasteiger partial charge < -0.3 is 4.90 Å². The molecule has 0 aliphatic carbocycles. The molecule has 1 aliphatic heterocycles. The standard InChI is InChI=1S/C18H17N3OS2/c22-18(21-9-4-5-10-21)15(13-6-2-1-3-7-13)24-17-16-14(8-11-23-16)19-12-20-17/h1-3,6-8,11-12,15H,4-5,9-10H2/t15-/m1/s1. The summed E-state index contributed by atoms with van der Waals surface area (Å²) in [7, 11) is 0. The van der Waals surface area contributed by atoms with Gasteiger partial charge in [-0.3, -0.25) is 4.79 Å². The van der Waals surface area contributed by atoms with Crippen molar-refractivity contribution in [1.82, 2.24) is 14.9 Å². The zero-order chi connectivity index (χ0) is 16.4. The lowest BCUT2D eigenvalue weighted by atomic mass is 10.1. The summed E-state index contributed by atoms with van der Waals surface area (Å²) in [5, 5.41) is 2.64. The van der Waals surface area contributed by atoms with Crippen molar-refractivity contribution in [3.8, 4) is 0 Å². The fraction of sp³-hybridized carbons (Fsp3) is 0.278. The second-order valence-corrected chi connectivity index (χ2v) is 7.76. The molecule has 0 unspecified atom stereocenters. The molecule has 1 aliphatic rings. The number of aromatic nitrogens is 2. The van der Waals surface area contributed by atoms with Gasteiger partial charge in [-0.15, -0.1) is 11.3 Å². The summed E-state index contributed by atoms with van der Waals surface area (Å²) >= 11 is 3.16. The second kappa shape index (κ2) is 6.91. The van der Waals surface area contributed by atoms with Gasteiger partial charge in [0.25, 0.3) is 0 Å². The van der Waals surface area contributed by atoms with Crippen LogP contribution in [0.25, 0.3) is 10.2 Å². The number of thiophene rings is 1. The zero-order valence-electron chi connectivity index (χ0n) is 13.1. The topological polar surface area (TPSA) is 46.1 Å². The third-order valence-electron chi connectivity index (χ3n) is 4.18. The molecule has 1 atom stereocenters. The number of hydrogen-bond donors (Lipinski definition) is 0. The van der Waals surface area contributed by atoms with Crippen molar-refractivity contribution in [2.75, 3.05) is 13.1 Å². The molecular weight excluding hydrogens is 338 g/mol. The van der Waals surface area contributed by atoms with Crippen molar-refractivity contribution in [3.05, 3.63) is 53.7 Å². The van der Waals surface area contributed by atoms with Crippen molar-refractivity contribution >= 4 is 39.2 Å². The maximum Gasteiger partial charge on any atom is 0.240 e. The first kappa shape index (κ1) is 15.6. The van der Waals surface area contributed by atoms with Crippen molar-refractivity contribution in [3.63, 3.8) is 0 Å². The highest BCUT2D eigenvalue weighted by atomic mass is 32.2. The number of carbonyl (C=O) groups is 1. The molecule has 0 spiro atoms. The molecule has 1 saturated heterocycles. The highest BCUT2D eigenvalue weighted by molar-refractivity contribution is 8.00. The summed E-state index contributed by atoms with van der Waals surface area (Å²) < 4.78 is 1.05. The van der Waals surface area contributed by atoms with Crippen LogP contribution in [-0.2, 0) is 4.79 Å². The van der Waals surface area contributed by atoms with Gasteiger partial charge in [0.05, 0.1) is 10.2 Å². The van der Waals surface area contributed by atoms with Gasteiger partial charge >= 0.3 is 0 Å². The lowest BCUT2D eigenvalue weighted by Gasteiger charge is -2.23. The van der Waals surface area contributed by atoms with E-state index >= 15 is 0 Å². The van der Waals surface area contributed by atoms with Crippen LogP contribution >= 0.6 is 23.1 Å². The quantitative estimate of drug-likeness (QED) is 0.521. The van der Waals surface area contributed by atoms with Gasteiger partial charge in [-0.05, 0) is 29.9 Å². The smallest absolute Gasteiger partial charge is 0.240 e. The monoisotopic (exact) mass is 355 g/mol. The lowest BCUT2D eigenvalue weighted by Crippen LogP contribution is -2.31. The summed E-state index contributed by atoms with van der Waals surface area (Å²) in [6, 6.07) is 12.0. The Labute approximate surface area is 148 Å². The molecular formula is C18H17N3OS2. The highest BCUT2D eigenvalue weighted by Crippen LogP contribution is 2.40. The van der Waals surface area contributed by atoms with E-state index in [1.54, 1.807) is 17.7 Å². The normalized spacial score (nSPS) is 15.8. The van der Waals surface area contributed by atoms with E-state index in [1.165, 1.54) is 11.8 Å². The van der Waals surface area contributed by atoms with E-state index in [2.05, 4.69) is 9.97 Å². The van der Waals surface area contributed by atoms with Crippen LogP contribution in [0.4, 0.5) is 0 Å². The maximum atomic E-state index is 13.1. The fourth-order valence-corrected chi connectivity index (χ4v) is 5.06. The van der Waals surface area contributed by atoms with Gasteiger partial charge in [-0.1, -0.05) is 42.1 Å². The number of amides is 1. The Hall–Kier alpha value is -1.92. The molecule has 1 aromatic carbocycles. The molecule has 2 aromatic heterocycles. The molecule has 6 heteroatoms. The maximum absolute atomic E-state index is 13.1. The van der Waals surface area contributed by atoms with Crippen molar-refractivity contribution in [2.45, 2.75) is 23.1 Å². The molecule has 122 valence electrons. The molecule has 1 fully saturated rings. The first-order valence-corrected chi connectivity index (χ1v) is 9.77. The number of fused-ring (bicyclic) bond motifs is 1. The van der Waals surface area contributed by atoms with Crippen LogP contribution < -0.4 is 0 Å². The summed E-state index contributed by atoms with van der Waals surface area (Å²) in [5.74, 6) is 0.187. The van der Waals surface area contributed by atoms with Gasteiger partial charge in [-0.25, -0.2) is 9.97 Å². The van der Waals surface area contributed by atoms with Gasteiger partial charge in [0, 0.05) is 13.1 Å². The molecule has 0 radical (unpaired) electrons. The van der Waals surface area contributed by atoms with E-state index in [-0.39, 0.29) is 11.2 Å². The second-order valence-electron chi connectivity index (χ2n) is 5.75. The van der Waals surface area contributed by atoms with Crippen molar-refractivity contribution in [1.29, 1.82) is 0 Å². The number of carbonyl (C=O) groups excluding carboxylic acids is 1. The molecule has 0 saturated carbocycles. The van der Waals surface area contributed by atoms with Crippen LogP contribution in [0.3, 0.4) is 0 Å². The Morgan fingerprint density at radius 3 is 2.71 bits per heavy atom. The number of hydrogen-bond acceptors (Lipinski definition) is 5. The van der Waals surface area contributed by atoms with E-state index in [9.17, 15) is 4.79 Å². The van der Waals surface area contributed by atoms with Crippen LogP contribution in [0.2, 0.25) is 0 Å². The number of rotatable bonds is 4. The van der Waals surface area contributed by atoms with Crippen LogP contribution in [0, 0.1) is 0 Å². The molecule has 3 aromatic rings. The minimum Gasteiger partial charge on any atom is -0.341 e. The number of likely N-dealkylation sites (tertiary alicyclic amines) is 1. The van der Waals surface area contributed by atoms with E-state index in [0.29, 0.717) is 0 Å². The summed E-state index contributed by atoms with van der Waals surface area (Å²) in [4.78, 5) is 23.8. The molecule has 24 heavy (non-hydrogen) atoms. The minimum atomic E-state index is -0.260. The third-order valence-corrected chi connectivity index (χ3v) is 6.47. The third kappa shape index (κ3) is 3.03. The van der Waals surface area contributed by atoms with E-state index in [0.717, 1.165) is 46.7 Å². The predicted octanol–water partition coefficient (Wildman–Crippen LogP) is 4.15. The van der Waals surface area contributed by atoms with Crippen LogP contribution in [0.1, 0.15) is 23.7 Å². The van der Waals surface area contributed by atoms with Crippen molar-refractivity contribution < 1.29 is 4.79 Å². The first-order valence-electron chi connectivity index (χ1n) is 8.01. The Bertz CT molecular complexity index is 844. The minimum absolute atomic E-state index is 0.187. The number of benzene rings is 1. The lowest BCUT2D eigenvalue weighted by molar-refractivity contribution is -0.129. The highest BCUT2D eigenvalue weighted by Gasteiger charge is 2.29. The molecule has 3 heterocycles. The SMILES string of the molecule is O=C([C@H](Sc1ncnc2ccsc12)c1ccccc1)N1CCCC1. The Morgan fingerprint density at radius 1 is 1.12 bits per heavy atom. The van der Waals surface area contributed by atoms with Crippen LogP contribution in [-0.4, -0.2) is 33.9 Å². The number of thioether (sulfide) groups is 1. The van der Waals surface area contributed by atoms with Gasteiger partial charge in [0.2, 0.25) is 5.91 Å². The molecule has 0 N–H and O–H groups in total. The van der Waals surface area contributed by atoms with E-state index in [1.807, 2.05) is 46.7 Å². The Kier molecular flexibility index (Phi) is 4.49. The summed E-state index contributed by atoms with van der Waals surface area (Å²) in [6.45, 7) is 1.72. The molecule has 4 nitrogen and oxygen atoms in total. The van der Waals surface area contributed by atoms with Gasteiger partial charge in [0.15, 0.2) is 0 Å². The average Bonchev–Trinajstić information content (AvgIpc) is 3.31. The predicted molar refractivity (Wildman–Crippen MR) is 98.3 cm³/mol. The Morgan fingerprint density at radius 2 is 1.92 bits per heavy atom. The Balaban J connectivity index is 1.70. The molecule has 1 amide bonds.